The summed E-state index contributed by atoms with van der Waals surface area (Å²) in [4.78, 5) is 26.9. The monoisotopic (exact) mass is 958 g/mol. The van der Waals surface area contributed by atoms with E-state index in [1.54, 1.807) is 0 Å². The van der Waals surface area contributed by atoms with Crippen molar-refractivity contribution in [1.29, 1.82) is 0 Å². The number of cyclic esters (lactones) is 1. The molecule has 20 heteroatoms. The van der Waals surface area contributed by atoms with Crippen molar-refractivity contribution in [3.05, 3.63) is 0 Å². The minimum atomic E-state index is -1.80. The molecule has 0 spiro atoms. The molecule has 11 N–H and O–H groups in total. The van der Waals surface area contributed by atoms with E-state index in [4.69, 9.17) is 33.2 Å². The van der Waals surface area contributed by atoms with Gasteiger partial charge in [-0.2, -0.15) is 0 Å². The van der Waals surface area contributed by atoms with Crippen LogP contribution in [-0.2, 0) is 42.7 Å². The van der Waals surface area contributed by atoms with Crippen LogP contribution < -0.4 is 0 Å². The molecule has 9 aliphatic rings. The Morgan fingerprint density at radius 2 is 1.19 bits per heavy atom. The largest absolute Gasteiger partial charge is 0.478 e. The summed E-state index contributed by atoms with van der Waals surface area (Å²) >= 11 is 0. The Morgan fingerprint density at radius 3 is 1.87 bits per heavy atom. The van der Waals surface area contributed by atoms with Crippen LogP contribution in [0.25, 0.3) is 0 Å². The van der Waals surface area contributed by atoms with E-state index in [9.17, 15) is 65.8 Å². The summed E-state index contributed by atoms with van der Waals surface area (Å²) in [5.74, 6) is -2.38. The third-order valence-corrected chi connectivity index (χ3v) is 20.3. The number of ether oxygens (including phenoxy) is 7. The molecule has 4 aliphatic heterocycles. The average Bonchev–Trinajstić information content (AvgIpc) is 3.71. The maximum Gasteiger partial charge on any atom is 0.348 e. The van der Waals surface area contributed by atoms with Gasteiger partial charge in [0.2, 0.25) is 5.60 Å². The highest BCUT2D eigenvalue weighted by Crippen LogP contribution is 2.80. The highest BCUT2D eigenvalue weighted by Gasteiger charge is 2.82. The van der Waals surface area contributed by atoms with Gasteiger partial charge in [-0.15, -0.1) is 0 Å². The van der Waals surface area contributed by atoms with Crippen molar-refractivity contribution in [3.63, 3.8) is 0 Å². The summed E-state index contributed by atoms with van der Waals surface area (Å²) in [5, 5.41) is 118. The fourth-order valence-corrected chi connectivity index (χ4v) is 16.5. The molecule has 382 valence electrons. The number of aliphatic hydroxyl groups is 10. The molecule has 25 unspecified atom stereocenters. The summed E-state index contributed by atoms with van der Waals surface area (Å²) in [5.41, 5.74) is -5.76. The number of hydrogen-bond donors (Lipinski definition) is 11. The lowest BCUT2D eigenvalue weighted by molar-refractivity contribution is -0.355. The molecule has 0 amide bonds. The predicted molar refractivity (Wildman–Crippen MR) is 226 cm³/mol. The van der Waals surface area contributed by atoms with E-state index in [0.29, 0.717) is 32.1 Å². The molecule has 5 saturated carbocycles. The van der Waals surface area contributed by atoms with Crippen LogP contribution in [0.5, 0.6) is 0 Å². The Bertz CT molecular complexity index is 1870. The van der Waals surface area contributed by atoms with E-state index < -0.39 is 146 Å². The number of carbonyl (C=O) groups excluding carboxylic acids is 1. The van der Waals surface area contributed by atoms with Gasteiger partial charge in [0.25, 0.3) is 0 Å². The van der Waals surface area contributed by atoms with Gasteiger partial charge < -0.3 is 89.3 Å². The quantitative estimate of drug-likeness (QED) is 0.111. The molecule has 0 aromatic rings. The Labute approximate surface area is 389 Å². The Balaban J connectivity index is 0.952. The number of rotatable bonds is 11. The lowest BCUT2D eigenvalue weighted by atomic mass is 9.31. The van der Waals surface area contributed by atoms with Gasteiger partial charge in [-0.25, -0.2) is 4.79 Å². The first-order valence-electron chi connectivity index (χ1n) is 24.4. The molecule has 2 bridgehead atoms. The van der Waals surface area contributed by atoms with E-state index in [-0.39, 0.29) is 40.6 Å². The van der Waals surface area contributed by atoms with Crippen LogP contribution in [0.4, 0.5) is 0 Å². The Hall–Kier alpha value is -1.70. The number of aliphatic hydroxyl groups excluding tert-OH is 9. The van der Waals surface area contributed by atoms with Crippen molar-refractivity contribution in [3.8, 4) is 0 Å². The second kappa shape index (κ2) is 17.2. The van der Waals surface area contributed by atoms with Crippen molar-refractivity contribution in [1.82, 2.24) is 0 Å². The normalized spacial score (nSPS) is 57.1. The molecule has 0 radical (unpaired) electrons. The third-order valence-electron chi connectivity index (χ3n) is 20.3. The molecule has 9 fully saturated rings. The van der Waals surface area contributed by atoms with Gasteiger partial charge in [0.1, 0.15) is 72.6 Å². The molecular formula is C47H74O20. The lowest BCUT2D eigenvalue weighted by Gasteiger charge is -2.74. The molecule has 25 atom stereocenters. The first kappa shape index (κ1) is 50.2. The maximum absolute atomic E-state index is 14.4. The number of aliphatic carboxylic acids is 1. The van der Waals surface area contributed by atoms with E-state index in [0.717, 1.165) is 38.5 Å². The number of esters is 1. The van der Waals surface area contributed by atoms with Crippen LogP contribution >= 0.6 is 0 Å². The highest BCUT2D eigenvalue weighted by atomic mass is 16.8. The highest BCUT2D eigenvalue weighted by molar-refractivity contribution is 5.89. The summed E-state index contributed by atoms with van der Waals surface area (Å²) in [6.45, 7) is 8.87. The van der Waals surface area contributed by atoms with Gasteiger partial charge >= 0.3 is 11.9 Å². The zero-order chi connectivity index (χ0) is 48.6. The van der Waals surface area contributed by atoms with Crippen LogP contribution in [0, 0.1) is 50.7 Å². The number of fused-ring (bicyclic) bond motifs is 5. The van der Waals surface area contributed by atoms with Crippen LogP contribution in [0.1, 0.15) is 105 Å². The molecule has 4 saturated heterocycles. The Kier molecular flexibility index (Phi) is 12.9. The van der Waals surface area contributed by atoms with Crippen LogP contribution in [0.15, 0.2) is 0 Å². The van der Waals surface area contributed by atoms with Crippen LogP contribution in [0.2, 0.25) is 0 Å². The summed E-state index contributed by atoms with van der Waals surface area (Å²) in [6, 6.07) is 0. The Morgan fingerprint density at radius 1 is 0.612 bits per heavy atom. The van der Waals surface area contributed by atoms with Crippen molar-refractivity contribution in [2.75, 3.05) is 26.4 Å². The lowest BCUT2D eigenvalue weighted by Crippen LogP contribution is -2.75. The third kappa shape index (κ3) is 7.04. The maximum atomic E-state index is 14.4. The van der Waals surface area contributed by atoms with Crippen molar-refractivity contribution in [2.45, 2.75) is 202 Å². The second-order valence-electron chi connectivity index (χ2n) is 23.1. The molecule has 20 nitrogen and oxygen atoms in total. The van der Waals surface area contributed by atoms with E-state index in [1.807, 2.05) is 0 Å². The number of carbonyl (C=O) groups is 2. The average molecular weight is 959 g/mol. The number of carboxylic acid groups (broad SMARTS) is 1. The zero-order valence-corrected chi connectivity index (χ0v) is 39.1. The minimum absolute atomic E-state index is 0.103. The first-order chi connectivity index (χ1) is 31.4. The second-order valence-corrected chi connectivity index (χ2v) is 23.1. The van der Waals surface area contributed by atoms with Gasteiger partial charge in [-0.05, 0) is 111 Å². The van der Waals surface area contributed by atoms with Gasteiger partial charge in [0, 0.05) is 5.92 Å². The molecule has 5 aliphatic carbocycles. The van der Waals surface area contributed by atoms with E-state index in [1.165, 1.54) is 6.92 Å². The van der Waals surface area contributed by atoms with Gasteiger partial charge in [0.15, 0.2) is 18.9 Å². The van der Waals surface area contributed by atoms with Gasteiger partial charge in [-0.3, -0.25) is 4.79 Å². The molecule has 0 aromatic heterocycles. The molecular weight excluding hydrogens is 884 g/mol. The number of carboxylic acids is 1. The predicted octanol–water partition coefficient (Wildman–Crippen LogP) is -0.943. The first-order valence-corrected chi connectivity index (χ1v) is 24.4. The fourth-order valence-electron chi connectivity index (χ4n) is 16.5. The summed E-state index contributed by atoms with van der Waals surface area (Å²) in [7, 11) is 0. The van der Waals surface area contributed by atoms with Crippen molar-refractivity contribution < 1.29 is 98.9 Å². The van der Waals surface area contributed by atoms with Crippen LogP contribution in [-0.4, -0.2) is 192 Å². The minimum Gasteiger partial charge on any atom is -0.478 e. The number of hydrogen-bond acceptors (Lipinski definition) is 19. The molecule has 4 heterocycles. The van der Waals surface area contributed by atoms with Crippen molar-refractivity contribution in [2.24, 2.45) is 50.7 Å². The summed E-state index contributed by atoms with van der Waals surface area (Å²) < 4.78 is 41.7. The zero-order valence-electron chi connectivity index (χ0n) is 39.1. The summed E-state index contributed by atoms with van der Waals surface area (Å²) in [6.07, 6.45) is -14.2. The van der Waals surface area contributed by atoms with Crippen molar-refractivity contribution >= 4 is 11.9 Å². The smallest absolute Gasteiger partial charge is 0.348 e. The molecule has 0 aromatic carbocycles. The topological polar surface area (TPSA) is 321 Å². The van der Waals surface area contributed by atoms with E-state index in [2.05, 4.69) is 27.7 Å². The molecule has 9 rings (SSSR count). The SMILES string of the molecule is CC1(COC2OC(COC3OC(CO)C(O)C(O)C3O)C(O)C(O)C2OC2OC(CO)C(O)C2O)CCCC2(C)C1CCC1(C)C2CCC2C1(C)CCC1(O)C3CCC21C(=O)OC3(C)C(=O)O. The fraction of sp³-hybridized carbons (Fsp3) is 0.957. The van der Waals surface area contributed by atoms with Gasteiger partial charge in [0.05, 0.1) is 32.0 Å². The van der Waals surface area contributed by atoms with Gasteiger partial charge in [-0.1, -0.05) is 34.1 Å². The van der Waals surface area contributed by atoms with Crippen LogP contribution in [0.3, 0.4) is 0 Å². The molecule has 67 heavy (non-hydrogen) atoms. The van der Waals surface area contributed by atoms with E-state index >= 15 is 0 Å². The standard InChI is InChI=1S/C47H74O20/c1-41(20-62-38-35(66-37-33(55)29(51)22(18-49)64-37)32(54)30(52)23(65-38)19-61-36-34(56)31(53)28(50)21(17-48)63-36)11-6-12-42(2)24(41)9-13-43(3)25(42)7-8-26-44(43,4)15-16-47(60)27-10-14-46(26,47)40(59)67-45(27,5)39(57)58/h21-38,48-56,60H,6-20H2,1-5H3,(H,57,58).